The van der Waals surface area contributed by atoms with E-state index >= 15 is 0 Å². The first-order chi connectivity index (χ1) is 6.75. The Bertz CT molecular complexity index is 308. The van der Waals surface area contributed by atoms with Crippen molar-refractivity contribution in [2.75, 3.05) is 13.1 Å². The van der Waals surface area contributed by atoms with Crippen molar-refractivity contribution in [3.63, 3.8) is 0 Å². The molecule has 1 N–H and O–H groups in total. The van der Waals surface area contributed by atoms with Gasteiger partial charge in [0.05, 0.1) is 19.4 Å². The molecule has 0 aliphatic carbocycles. The first kappa shape index (κ1) is 9.27. The molecule has 76 valence electrons. The lowest BCUT2D eigenvalue weighted by Gasteiger charge is -2.30. The molecule has 0 saturated carbocycles. The van der Waals surface area contributed by atoms with Gasteiger partial charge in [0.25, 0.3) is 0 Å². The highest BCUT2D eigenvalue weighted by Gasteiger charge is 2.22. The number of hydrogen-bond acceptors (Lipinski definition) is 3. The van der Waals surface area contributed by atoms with Crippen molar-refractivity contribution in [1.82, 2.24) is 10.2 Å². The average molecular weight is 194 g/mol. The second-order valence-corrected chi connectivity index (χ2v) is 3.64. The van der Waals surface area contributed by atoms with Gasteiger partial charge in [-0.15, -0.1) is 0 Å². The molecule has 1 aliphatic heterocycles. The molecule has 2 rings (SSSR count). The van der Waals surface area contributed by atoms with Gasteiger partial charge in [-0.25, -0.2) is 0 Å². The maximum atomic E-state index is 11.5. The summed E-state index contributed by atoms with van der Waals surface area (Å²) >= 11 is 0. The maximum Gasteiger partial charge on any atom is 0.236 e. The van der Waals surface area contributed by atoms with Crippen LogP contribution in [-0.2, 0) is 11.3 Å². The Kier molecular flexibility index (Phi) is 2.54. The topological polar surface area (TPSA) is 45.5 Å². The van der Waals surface area contributed by atoms with Crippen LogP contribution in [0, 0.1) is 0 Å². The summed E-state index contributed by atoms with van der Waals surface area (Å²) in [5.41, 5.74) is 0. The molecule has 1 fully saturated rings. The number of nitrogens with zero attached hydrogens (tertiary/aromatic N) is 1. The molecule has 4 nitrogen and oxygen atoms in total. The maximum absolute atomic E-state index is 11.5. The quantitative estimate of drug-likeness (QED) is 0.750. The SMILES string of the molecule is CC1CN(Cc2ccco2)C(=O)CN1. The number of hydrogen-bond donors (Lipinski definition) is 1. The summed E-state index contributed by atoms with van der Waals surface area (Å²) in [6.07, 6.45) is 1.63. The van der Waals surface area contributed by atoms with Crippen molar-refractivity contribution >= 4 is 5.91 Å². The molecule has 0 spiro atoms. The van der Waals surface area contributed by atoms with Gasteiger partial charge in [-0.2, -0.15) is 0 Å². The Morgan fingerprint density at radius 2 is 2.57 bits per heavy atom. The van der Waals surface area contributed by atoms with Crippen molar-refractivity contribution < 1.29 is 9.21 Å². The van der Waals surface area contributed by atoms with E-state index < -0.39 is 0 Å². The summed E-state index contributed by atoms with van der Waals surface area (Å²) in [5.74, 6) is 0.979. The summed E-state index contributed by atoms with van der Waals surface area (Å²) in [4.78, 5) is 13.3. The molecular formula is C10H14N2O2. The highest BCUT2D eigenvalue weighted by Crippen LogP contribution is 2.08. The molecule has 1 aliphatic rings. The zero-order chi connectivity index (χ0) is 9.97. The fourth-order valence-corrected chi connectivity index (χ4v) is 1.61. The van der Waals surface area contributed by atoms with Crippen LogP contribution in [0.1, 0.15) is 12.7 Å². The Labute approximate surface area is 82.9 Å². The van der Waals surface area contributed by atoms with Gasteiger partial charge in [0.15, 0.2) is 0 Å². The van der Waals surface area contributed by atoms with Crippen molar-refractivity contribution in [2.24, 2.45) is 0 Å². The largest absolute Gasteiger partial charge is 0.467 e. The molecule has 2 heterocycles. The van der Waals surface area contributed by atoms with E-state index in [0.29, 0.717) is 19.1 Å². The van der Waals surface area contributed by atoms with Gasteiger partial charge in [-0.3, -0.25) is 4.79 Å². The normalized spacial score (nSPS) is 22.8. The summed E-state index contributed by atoms with van der Waals surface area (Å²) in [6, 6.07) is 4.09. The Morgan fingerprint density at radius 3 is 3.29 bits per heavy atom. The monoisotopic (exact) mass is 194 g/mol. The van der Waals surface area contributed by atoms with Gasteiger partial charge in [-0.1, -0.05) is 0 Å². The summed E-state index contributed by atoms with van der Waals surface area (Å²) < 4.78 is 5.21. The zero-order valence-corrected chi connectivity index (χ0v) is 8.19. The van der Waals surface area contributed by atoms with E-state index in [1.54, 1.807) is 6.26 Å². The third kappa shape index (κ3) is 1.96. The number of carbonyl (C=O) groups is 1. The van der Waals surface area contributed by atoms with Gasteiger partial charge >= 0.3 is 0 Å². The number of furan rings is 1. The smallest absolute Gasteiger partial charge is 0.236 e. The minimum Gasteiger partial charge on any atom is -0.467 e. The number of rotatable bonds is 2. The third-order valence-electron chi connectivity index (χ3n) is 2.38. The Morgan fingerprint density at radius 1 is 1.71 bits per heavy atom. The predicted octanol–water partition coefficient (Wildman–Crippen LogP) is 0.600. The Balaban J connectivity index is 1.99. The molecule has 0 radical (unpaired) electrons. The summed E-state index contributed by atoms with van der Waals surface area (Å²) in [7, 11) is 0. The van der Waals surface area contributed by atoms with Crippen LogP contribution in [0.25, 0.3) is 0 Å². The van der Waals surface area contributed by atoms with E-state index in [2.05, 4.69) is 12.2 Å². The van der Waals surface area contributed by atoms with Crippen LogP contribution in [0.5, 0.6) is 0 Å². The molecule has 1 saturated heterocycles. The minimum atomic E-state index is 0.138. The zero-order valence-electron chi connectivity index (χ0n) is 8.19. The summed E-state index contributed by atoms with van der Waals surface area (Å²) in [6.45, 7) is 3.83. The predicted molar refractivity (Wildman–Crippen MR) is 51.6 cm³/mol. The first-order valence-corrected chi connectivity index (χ1v) is 4.79. The lowest BCUT2D eigenvalue weighted by atomic mass is 10.2. The van der Waals surface area contributed by atoms with Crippen LogP contribution in [0.15, 0.2) is 22.8 Å². The van der Waals surface area contributed by atoms with Gasteiger partial charge < -0.3 is 14.6 Å². The molecule has 1 aromatic heterocycles. The fraction of sp³-hybridized carbons (Fsp3) is 0.500. The van der Waals surface area contributed by atoms with Crippen LogP contribution >= 0.6 is 0 Å². The van der Waals surface area contributed by atoms with Crippen LogP contribution in [0.4, 0.5) is 0 Å². The van der Waals surface area contributed by atoms with Crippen molar-refractivity contribution in [3.8, 4) is 0 Å². The Hall–Kier alpha value is -1.29. The molecule has 1 amide bonds. The number of amides is 1. The molecule has 4 heteroatoms. The number of piperazine rings is 1. The molecule has 1 unspecified atom stereocenters. The minimum absolute atomic E-state index is 0.138. The molecule has 14 heavy (non-hydrogen) atoms. The molecule has 1 aromatic rings. The van der Waals surface area contributed by atoms with Crippen molar-refractivity contribution in [2.45, 2.75) is 19.5 Å². The fourth-order valence-electron chi connectivity index (χ4n) is 1.61. The van der Waals surface area contributed by atoms with Crippen LogP contribution in [0.3, 0.4) is 0 Å². The van der Waals surface area contributed by atoms with Crippen LogP contribution < -0.4 is 5.32 Å². The molecule has 0 bridgehead atoms. The number of nitrogens with one attached hydrogen (secondary N) is 1. The standard InChI is InChI=1S/C10H14N2O2/c1-8-6-12(10(13)5-11-8)7-9-3-2-4-14-9/h2-4,8,11H,5-7H2,1H3. The molecular weight excluding hydrogens is 180 g/mol. The average Bonchev–Trinajstić information content (AvgIpc) is 2.64. The van der Waals surface area contributed by atoms with Crippen molar-refractivity contribution in [3.05, 3.63) is 24.2 Å². The third-order valence-corrected chi connectivity index (χ3v) is 2.38. The van der Waals surface area contributed by atoms with E-state index in [1.165, 1.54) is 0 Å². The van der Waals surface area contributed by atoms with E-state index in [4.69, 9.17) is 4.42 Å². The van der Waals surface area contributed by atoms with Crippen LogP contribution in [-0.4, -0.2) is 29.9 Å². The second kappa shape index (κ2) is 3.84. The first-order valence-electron chi connectivity index (χ1n) is 4.79. The lowest BCUT2D eigenvalue weighted by molar-refractivity contribution is -0.133. The number of carbonyl (C=O) groups excluding carboxylic acids is 1. The lowest BCUT2D eigenvalue weighted by Crippen LogP contribution is -2.52. The van der Waals surface area contributed by atoms with Gasteiger partial charge in [-0.05, 0) is 19.1 Å². The molecule has 1 atom stereocenters. The van der Waals surface area contributed by atoms with Gasteiger partial charge in [0.2, 0.25) is 5.91 Å². The van der Waals surface area contributed by atoms with Crippen LogP contribution in [0.2, 0.25) is 0 Å². The van der Waals surface area contributed by atoms with Gasteiger partial charge in [0.1, 0.15) is 5.76 Å². The highest BCUT2D eigenvalue weighted by molar-refractivity contribution is 5.79. The van der Waals surface area contributed by atoms with E-state index in [-0.39, 0.29) is 5.91 Å². The van der Waals surface area contributed by atoms with Crippen molar-refractivity contribution in [1.29, 1.82) is 0 Å². The van der Waals surface area contributed by atoms with Gasteiger partial charge in [0, 0.05) is 12.6 Å². The van der Waals surface area contributed by atoms with E-state index in [1.807, 2.05) is 17.0 Å². The second-order valence-electron chi connectivity index (χ2n) is 3.64. The highest BCUT2D eigenvalue weighted by atomic mass is 16.3. The van der Waals surface area contributed by atoms with E-state index in [0.717, 1.165) is 12.3 Å². The van der Waals surface area contributed by atoms with E-state index in [9.17, 15) is 4.79 Å². The summed E-state index contributed by atoms with van der Waals surface area (Å²) in [5, 5.41) is 3.12. The molecule has 0 aromatic carbocycles.